The van der Waals surface area contributed by atoms with E-state index in [0.717, 1.165) is 5.95 Å². The molecule has 0 aliphatic heterocycles. The summed E-state index contributed by atoms with van der Waals surface area (Å²) in [7, 11) is 4.38. The summed E-state index contributed by atoms with van der Waals surface area (Å²) in [4.78, 5) is 0. The minimum absolute atomic E-state index is 0.198. The Morgan fingerprint density at radius 2 is 1.39 bits per heavy atom. The fourth-order valence-electron chi connectivity index (χ4n) is 6.16. The molecule has 0 aliphatic rings. The van der Waals surface area contributed by atoms with Gasteiger partial charge in [-0.15, -0.1) is 4.57 Å². The third-order valence-electron chi connectivity index (χ3n) is 8.25. The van der Waals surface area contributed by atoms with Crippen molar-refractivity contribution >= 4 is 10.9 Å². The first-order chi connectivity index (χ1) is 18.0. The van der Waals surface area contributed by atoms with Crippen LogP contribution in [0.3, 0.4) is 0 Å². The minimum Gasteiger partial charge on any atom is -0.187 e. The highest BCUT2D eigenvalue weighted by Gasteiger charge is 2.43. The number of nitrogens with zero attached hydrogens (tertiary/aromatic N) is 4. The van der Waals surface area contributed by atoms with Gasteiger partial charge >= 0.3 is 5.95 Å². The molecule has 196 valence electrons. The van der Waals surface area contributed by atoms with Crippen molar-refractivity contribution in [3.8, 4) is 11.6 Å². The molecule has 0 saturated carbocycles. The first-order valence-corrected chi connectivity index (χ1v) is 13.8. The lowest BCUT2D eigenvalue weighted by Crippen LogP contribution is -2.53. The minimum atomic E-state index is -0.198. The van der Waals surface area contributed by atoms with E-state index in [9.17, 15) is 0 Å². The molecule has 2 heterocycles. The van der Waals surface area contributed by atoms with Gasteiger partial charge in [0.25, 0.3) is 0 Å². The van der Waals surface area contributed by atoms with Gasteiger partial charge in [-0.3, -0.25) is 0 Å². The number of para-hydroxylation sites is 2. The molecule has 4 nitrogen and oxygen atoms in total. The quantitative estimate of drug-likeness (QED) is 0.222. The van der Waals surface area contributed by atoms with E-state index in [1.807, 2.05) is 0 Å². The van der Waals surface area contributed by atoms with Gasteiger partial charge < -0.3 is 0 Å². The molecule has 0 fully saturated rings. The van der Waals surface area contributed by atoms with Crippen LogP contribution in [0.15, 0.2) is 79.1 Å². The van der Waals surface area contributed by atoms with Gasteiger partial charge in [-0.25, -0.2) is 0 Å². The zero-order valence-corrected chi connectivity index (χ0v) is 24.4. The summed E-state index contributed by atoms with van der Waals surface area (Å²) in [5.41, 5.74) is 8.98. The van der Waals surface area contributed by atoms with Crippen molar-refractivity contribution in [2.45, 2.75) is 65.7 Å². The van der Waals surface area contributed by atoms with Crippen LogP contribution in [-0.4, -0.2) is 9.25 Å². The second kappa shape index (κ2) is 9.58. The SMILES string of the molecule is Cc1ccccc1C(C)(C)c1cn(-c2c(C(C)C)cccc2C(C)C)c(-[n+]2cc3ccccc3n2C)[n+]1C. The van der Waals surface area contributed by atoms with Crippen molar-refractivity contribution in [1.29, 1.82) is 0 Å². The Labute approximate surface area is 227 Å². The average Bonchev–Trinajstić information content (AvgIpc) is 3.40. The van der Waals surface area contributed by atoms with Gasteiger partial charge in [-0.05, 0) is 60.5 Å². The van der Waals surface area contributed by atoms with Crippen molar-refractivity contribution in [3.05, 3.63) is 107 Å². The summed E-state index contributed by atoms with van der Waals surface area (Å²) < 4.78 is 9.42. The molecule has 0 aliphatic carbocycles. The van der Waals surface area contributed by atoms with Crippen LogP contribution >= 0.6 is 0 Å². The zero-order chi connectivity index (χ0) is 27.4. The Kier molecular flexibility index (Phi) is 6.54. The highest BCUT2D eigenvalue weighted by Crippen LogP contribution is 2.36. The van der Waals surface area contributed by atoms with E-state index in [0.29, 0.717) is 11.8 Å². The van der Waals surface area contributed by atoms with E-state index in [2.05, 4.69) is 160 Å². The molecule has 0 atom stereocenters. The van der Waals surface area contributed by atoms with E-state index < -0.39 is 0 Å². The summed E-state index contributed by atoms with van der Waals surface area (Å²) in [6.07, 6.45) is 4.65. The highest BCUT2D eigenvalue weighted by atomic mass is 15.5. The molecule has 0 N–H and O–H groups in total. The Hall–Kier alpha value is -3.66. The average molecular weight is 507 g/mol. The van der Waals surface area contributed by atoms with Gasteiger partial charge in [-0.2, -0.15) is 9.25 Å². The Morgan fingerprint density at radius 1 is 0.789 bits per heavy atom. The molecule has 0 saturated heterocycles. The number of aromatic nitrogens is 4. The van der Waals surface area contributed by atoms with Gasteiger partial charge in [0.1, 0.15) is 7.05 Å². The molecule has 0 spiro atoms. The third-order valence-corrected chi connectivity index (χ3v) is 8.25. The van der Waals surface area contributed by atoms with Crippen molar-refractivity contribution in [1.82, 2.24) is 9.25 Å². The molecule has 2 aromatic heterocycles. The lowest BCUT2D eigenvalue weighted by atomic mass is 9.79. The van der Waals surface area contributed by atoms with Crippen LogP contribution < -0.4 is 9.25 Å². The Bertz CT molecular complexity index is 1600. The molecule has 0 amide bonds. The van der Waals surface area contributed by atoms with Gasteiger partial charge in [0.2, 0.25) is 0 Å². The third kappa shape index (κ3) is 4.07. The standard InChI is InChI=1S/C34H42N4/c1-23(2)27-17-14-18-28(24(3)4)32(27)37-22-31(34(6,7)29-19-12-10-15-25(29)5)35(8)33(37)38-21-26-16-11-13-20-30(26)36(38)9/h10-24H,1-9H3/q+2. The second-order valence-electron chi connectivity index (χ2n) is 11.8. The van der Waals surface area contributed by atoms with E-state index in [-0.39, 0.29) is 5.41 Å². The normalized spacial score (nSPS) is 12.3. The van der Waals surface area contributed by atoms with E-state index in [1.54, 1.807) is 0 Å². The van der Waals surface area contributed by atoms with Crippen LogP contribution in [0.25, 0.3) is 22.5 Å². The second-order valence-corrected chi connectivity index (χ2v) is 11.8. The summed E-state index contributed by atoms with van der Waals surface area (Å²) in [5.74, 6) is 1.92. The van der Waals surface area contributed by atoms with Crippen molar-refractivity contribution < 1.29 is 9.25 Å². The predicted octanol–water partition coefficient (Wildman–Crippen LogP) is 6.95. The summed E-state index contributed by atoms with van der Waals surface area (Å²) in [6, 6.07) is 24.2. The van der Waals surface area contributed by atoms with Crippen molar-refractivity contribution in [2.24, 2.45) is 14.1 Å². The number of hydrogen-bond donors (Lipinski definition) is 0. The van der Waals surface area contributed by atoms with E-state index in [1.165, 1.54) is 44.5 Å². The molecule has 38 heavy (non-hydrogen) atoms. The van der Waals surface area contributed by atoms with Gasteiger partial charge in [0.15, 0.2) is 23.8 Å². The molecule has 3 aromatic carbocycles. The summed E-state index contributed by atoms with van der Waals surface area (Å²) in [5, 5.41) is 1.23. The molecular weight excluding hydrogens is 464 g/mol. The van der Waals surface area contributed by atoms with Crippen molar-refractivity contribution in [2.75, 3.05) is 0 Å². The van der Waals surface area contributed by atoms with Crippen LogP contribution in [0.2, 0.25) is 0 Å². The van der Waals surface area contributed by atoms with Crippen LogP contribution in [0.5, 0.6) is 0 Å². The number of aryl methyl sites for hydroxylation is 2. The molecule has 0 radical (unpaired) electrons. The maximum Gasteiger partial charge on any atom is 0.563 e. The smallest absolute Gasteiger partial charge is 0.187 e. The Balaban J connectivity index is 1.91. The van der Waals surface area contributed by atoms with Crippen LogP contribution in [0, 0.1) is 6.92 Å². The van der Waals surface area contributed by atoms with E-state index >= 15 is 0 Å². The Morgan fingerprint density at radius 3 is 2.00 bits per heavy atom. The van der Waals surface area contributed by atoms with Gasteiger partial charge in [-0.1, -0.05) is 82.3 Å². The van der Waals surface area contributed by atoms with Crippen LogP contribution in [0.4, 0.5) is 0 Å². The summed E-state index contributed by atoms with van der Waals surface area (Å²) in [6.45, 7) is 16.1. The molecule has 5 aromatic rings. The van der Waals surface area contributed by atoms with Crippen molar-refractivity contribution in [3.63, 3.8) is 0 Å². The maximum absolute atomic E-state index is 2.46. The molecule has 5 rings (SSSR count). The fraction of sp³-hybridized carbons (Fsp3) is 0.353. The van der Waals surface area contributed by atoms with Gasteiger partial charge in [0, 0.05) is 11.1 Å². The molecule has 0 bridgehead atoms. The topological polar surface area (TPSA) is 17.6 Å². The first-order valence-electron chi connectivity index (χ1n) is 13.8. The highest BCUT2D eigenvalue weighted by molar-refractivity contribution is 5.77. The monoisotopic (exact) mass is 506 g/mol. The number of hydrogen-bond acceptors (Lipinski definition) is 0. The van der Waals surface area contributed by atoms with Crippen LogP contribution in [-0.2, 0) is 19.5 Å². The van der Waals surface area contributed by atoms with E-state index in [4.69, 9.17) is 0 Å². The number of benzene rings is 3. The number of fused-ring (bicyclic) bond motifs is 1. The largest absolute Gasteiger partial charge is 0.563 e. The maximum atomic E-state index is 2.46. The first kappa shape index (κ1) is 26.0. The number of imidazole rings is 1. The lowest BCUT2D eigenvalue weighted by Gasteiger charge is -2.23. The van der Waals surface area contributed by atoms with Crippen LogP contribution in [0.1, 0.15) is 81.3 Å². The fourth-order valence-corrected chi connectivity index (χ4v) is 6.16. The number of rotatable bonds is 6. The summed E-state index contributed by atoms with van der Waals surface area (Å²) >= 11 is 0. The lowest BCUT2D eigenvalue weighted by molar-refractivity contribution is -0.818. The molecular formula is C34H42N4+2. The molecule has 4 heteroatoms. The molecule has 0 unspecified atom stereocenters. The predicted molar refractivity (Wildman–Crippen MR) is 156 cm³/mol. The zero-order valence-electron chi connectivity index (χ0n) is 24.4. The van der Waals surface area contributed by atoms with Gasteiger partial charge in [0.05, 0.1) is 23.4 Å².